The second-order valence-corrected chi connectivity index (χ2v) is 9.48. The molecule has 188 valence electrons. The summed E-state index contributed by atoms with van der Waals surface area (Å²) in [5.74, 6) is -0.241. The van der Waals surface area contributed by atoms with Crippen molar-refractivity contribution in [2.45, 2.75) is 12.6 Å². The van der Waals surface area contributed by atoms with Crippen LogP contribution in [0.3, 0.4) is 0 Å². The van der Waals surface area contributed by atoms with Crippen molar-refractivity contribution in [2.75, 3.05) is 23.7 Å². The summed E-state index contributed by atoms with van der Waals surface area (Å²) in [4.78, 5) is 31.2. The van der Waals surface area contributed by atoms with Crippen LogP contribution in [0.25, 0.3) is 15.8 Å². The molecule has 4 aromatic rings. The number of rotatable bonds is 4. The van der Waals surface area contributed by atoms with Crippen LogP contribution in [0, 0.1) is 0 Å². The molecule has 0 atom stereocenters. The van der Waals surface area contributed by atoms with Gasteiger partial charge in [-0.25, -0.2) is 9.78 Å². The van der Waals surface area contributed by atoms with E-state index in [4.69, 9.17) is 0 Å². The maximum atomic E-state index is 12.7. The second-order valence-electron chi connectivity index (χ2n) is 8.45. The van der Waals surface area contributed by atoms with Crippen LogP contribution in [0.4, 0.5) is 28.8 Å². The number of carbonyl (C=O) groups is 2. The summed E-state index contributed by atoms with van der Waals surface area (Å²) in [5.41, 5.74) is 2.89. The Balaban J connectivity index is 1.17. The Kier molecular flexibility index (Phi) is 6.66. The molecule has 0 saturated heterocycles. The molecule has 10 heteroatoms. The third-order valence-electron chi connectivity index (χ3n) is 5.99. The lowest BCUT2D eigenvalue weighted by molar-refractivity contribution is -0.137. The summed E-state index contributed by atoms with van der Waals surface area (Å²) in [5, 5.41) is 6.02. The summed E-state index contributed by atoms with van der Waals surface area (Å²) >= 11 is 1.42. The van der Waals surface area contributed by atoms with Crippen LogP contribution in [0.15, 0.2) is 78.9 Å². The highest BCUT2D eigenvalue weighted by Gasteiger charge is 2.30. The van der Waals surface area contributed by atoms with E-state index in [1.165, 1.54) is 23.5 Å². The Labute approximate surface area is 214 Å². The number of nitrogens with one attached hydrogen (secondary N) is 2. The molecule has 6 nitrogen and oxygen atoms in total. The molecular formula is C27H21F3N4O2S. The molecule has 0 unspecified atom stereocenters. The van der Waals surface area contributed by atoms with Gasteiger partial charge in [0.05, 0.1) is 15.8 Å². The fraction of sp³-hybridized carbons (Fsp3) is 0.148. The standard InChI is InChI=1S/C27H21F3N4O2S/c28-27(29,30)20-9-11-21(12-10-20)31-26(36)34-15-13-18(14-16-34)17-5-7-19(8-6-17)24(35)33-25-32-22-3-1-2-4-23(22)37-25/h1-13H,14-16H2,(H,31,36)(H,32,33,35). The van der Waals surface area contributed by atoms with Crippen molar-refractivity contribution in [3.63, 3.8) is 0 Å². The van der Waals surface area contributed by atoms with Crippen LogP contribution >= 0.6 is 11.3 Å². The molecule has 2 heterocycles. The first-order valence-corrected chi connectivity index (χ1v) is 12.3. The van der Waals surface area contributed by atoms with Crippen LogP contribution in [0.1, 0.15) is 27.9 Å². The van der Waals surface area contributed by atoms with Gasteiger partial charge in [-0.3, -0.25) is 10.1 Å². The predicted octanol–water partition coefficient (Wildman–Crippen LogP) is 6.89. The number of fused-ring (bicyclic) bond motifs is 1. The molecule has 0 radical (unpaired) electrons. The molecular weight excluding hydrogens is 501 g/mol. The quantitative estimate of drug-likeness (QED) is 0.307. The normalized spacial score (nSPS) is 13.8. The van der Waals surface area contributed by atoms with Gasteiger partial charge < -0.3 is 10.2 Å². The number of anilines is 2. The smallest absolute Gasteiger partial charge is 0.320 e. The van der Waals surface area contributed by atoms with E-state index in [1.807, 2.05) is 42.5 Å². The number of halogens is 3. The lowest BCUT2D eigenvalue weighted by atomic mass is 9.98. The Morgan fingerprint density at radius 1 is 0.919 bits per heavy atom. The maximum Gasteiger partial charge on any atom is 0.416 e. The Bertz CT molecular complexity index is 1450. The zero-order valence-corrected chi connectivity index (χ0v) is 20.2. The number of urea groups is 1. The van der Waals surface area contributed by atoms with Gasteiger partial charge in [0.1, 0.15) is 0 Å². The number of para-hydroxylation sites is 1. The highest BCUT2D eigenvalue weighted by Crippen LogP contribution is 2.30. The number of hydrogen-bond donors (Lipinski definition) is 2. The van der Waals surface area contributed by atoms with E-state index >= 15 is 0 Å². The van der Waals surface area contributed by atoms with E-state index in [0.29, 0.717) is 35.9 Å². The molecule has 0 fully saturated rings. The van der Waals surface area contributed by atoms with Gasteiger partial charge in [0.2, 0.25) is 0 Å². The van der Waals surface area contributed by atoms with Crippen molar-refractivity contribution >= 4 is 49.9 Å². The molecule has 5 rings (SSSR count). The first-order valence-electron chi connectivity index (χ1n) is 11.5. The van der Waals surface area contributed by atoms with Crippen LogP contribution in [0.5, 0.6) is 0 Å². The number of aromatic nitrogens is 1. The van der Waals surface area contributed by atoms with E-state index in [9.17, 15) is 22.8 Å². The Morgan fingerprint density at radius 2 is 1.65 bits per heavy atom. The van der Waals surface area contributed by atoms with Crippen LogP contribution < -0.4 is 10.6 Å². The van der Waals surface area contributed by atoms with Crippen LogP contribution in [0.2, 0.25) is 0 Å². The third-order valence-corrected chi connectivity index (χ3v) is 6.94. The average molecular weight is 523 g/mol. The van der Waals surface area contributed by atoms with E-state index in [2.05, 4.69) is 15.6 Å². The summed E-state index contributed by atoms with van der Waals surface area (Å²) in [6.45, 7) is 0.819. The average Bonchev–Trinajstić information content (AvgIpc) is 3.31. The minimum Gasteiger partial charge on any atom is -0.320 e. The highest BCUT2D eigenvalue weighted by molar-refractivity contribution is 7.22. The van der Waals surface area contributed by atoms with Gasteiger partial charge in [0.15, 0.2) is 5.13 Å². The van der Waals surface area contributed by atoms with E-state index in [-0.39, 0.29) is 11.9 Å². The monoisotopic (exact) mass is 522 g/mol. The number of nitrogens with zero attached hydrogens (tertiary/aromatic N) is 2. The molecule has 1 aliphatic rings. The van der Waals surface area contributed by atoms with Gasteiger partial charge >= 0.3 is 12.2 Å². The largest absolute Gasteiger partial charge is 0.416 e. The molecule has 2 N–H and O–H groups in total. The van der Waals surface area contributed by atoms with Gasteiger partial charge in [-0.15, -0.1) is 0 Å². The summed E-state index contributed by atoms with van der Waals surface area (Å²) in [6.07, 6.45) is -1.88. The first kappa shape index (κ1) is 24.5. The second kappa shape index (κ2) is 10.1. The Morgan fingerprint density at radius 3 is 2.30 bits per heavy atom. The number of hydrogen-bond acceptors (Lipinski definition) is 4. The topological polar surface area (TPSA) is 74.3 Å². The molecule has 37 heavy (non-hydrogen) atoms. The molecule has 1 aliphatic heterocycles. The van der Waals surface area contributed by atoms with Crippen molar-refractivity contribution < 1.29 is 22.8 Å². The number of amides is 3. The summed E-state index contributed by atoms with van der Waals surface area (Å²) in [7, 11) is 0. The van der Waals surface area contributed by atoms with Crippen molar-refractivity contribution in [2.24, 2.45) is 0 Å². The molecule has 0 bridgehead atoms. The number of benzene rings is 3. The zero-order chi connectivity index (χ0) is 26.0. The zero-order valence-electron chi connectivity index (χ0n) is 19.4. The predicted molar refractivity (Wildman–Crippen MR) is 139 cm³/mol. The first-order chi connectivity index (χ1) is 17.8. The maximum absolute atomic E-state index is 12.7. The van der Waals surface area contributed by atoms with E-state index in [0.717, 1.165) is 33.5 Å². The SMILES string of the molecule is O=C(Nc1nc2ccccc2s1)c1ccc(C2=CCN(C(=O)Nc3ccc(C(F)(F)F)cc3)CC2)cc1. The van der Waals surface area contributed by atoms with Crippen molar-refractivity contribution in [1.29, 1.82) is 0 Å². The van der Waals surface area contributed by atoms with Crippen LogP contribution in [-0.2, 0) is 6.18 Å². The molecule has 0 saturated carbocycles. The van der Waals surface area contributed by atoms with E-state index < -0.39 is 11.7 Å². The van der Waals surface area contributed by atoms with Crippen molar-refractivity contribution in [1.82, 2.24) is 9.88 Å². The van der Waals surface area contributed by atoms with Gasteiger partial charge in [-0.05, 0) is 66.1 Å². The fourth-order valence-electron chi connectivity index (χ4n) is 3.99. The molecule has 3 aromatic carbocycles. The lowest BCUT2D eigenvalue weighted by Gasteiger charge is -2.27. The molecule has 0 aliphatic carbocycles. The van der Waals surface area contributed by atoms with Crippen LogP contribution in [-0.4, -0.2) is 34.9 Å². The molecule has 3 amide bonds. The van der Waals surface area contributed by atoms with Crippen molar-refractivity contribution in [3.05, 3.63) is 95.6 Å². The number of alkyl halides is 3. The van der Waals surface area contributed by atoms with Gasteiger partial charge in [-0.1, -0.05) is 41.7 Å². The summed E-state index contributed by atoms with van der Waals surface area (Å²) in [6, 6.07) is 18.9. The molecule has 1 aromatic heterocycles. The number of carbonyl (C=O) groups excluding carboxylic acids is 2. The van der Waals surface area contributed by atoms with Gasteiger partial charge in [0.25, 0.3) is 5.91 Å². The van der Waals surface area contributed by atoms with E-state index in [1.54, 1.807) is 17.0 Å². The summed E-state index contributed by atoms with van der Waals surface area (Å²) < 4.78 is 39.1. The van der Waals surface area contributed by atoms with Gasteiger partial charge in [-0.2, -0.15) is 13.2 Å². The minimum absolute atomic E-state index is 0.241. The lowest BCUT2D eigenvalue weighted by Crippen LogP contribution is -2.37. The number of thiazole rings is 1. The molecule has 0 spiro atoms. The fourth-order valence-corrected chi connectivity index (χ4v) is 4.85. The highest BCUT2D eigenvalue weighted by atomic mass is 32.1. The minimum atomic E-state index is -4.42. The van der Waals surface area contributed by atoms with Crippen molar-refractivity contribution in [3.8, 4) is 0 Å². The Hall–Kier alpha value is -4.18. The van der Waals surface area contributed by atoms with Gasteiger partial charge in [0, 0.05) is 24.3 Å². The third kappa shape index (κ3) is 5.64.